The van der Waals surface area contributed by atoms with Crippen molar-refractivity contribution in [2.24, 2.45) is 0 Å². The maximum atomic E-state index is 12.5. The van der Waals surface area contributed by atoms with Gasteiger partial charge in [0.1, 0.15) is 12.0 Å². The third kappa shape index (κ3) is 2.89. The fraction of sp³-hybridized carbons (Fsp3) is 0.0556. The van der Waals surface area contributed by atoms with E-state index in [1.165, 1.54) is 6.08 Å². The molecule has 0 spiro atoms. The number of hydrogen-bond donors (Lipinski definition) is 1. The molecule has 1 N–H and O–H groups in total. The van der Waals surface area contributed by atoms with Crippen LogP contribution in [0.25, 0.3) is 17.1 Å². The van der Waals surface area contributed by atoms with Crippen LogP contribution < -0.4 is 4.74 Å². The molecule has 3 rings (SSSR count). The lowest BCUT2D eigenvalue weighted by Crippen LogP contribution is -2.02. The van der Waals surface area contributed by atoms with E-state index in [1.807, 2.05) is 6.07 Å². The molecule has 0 bridgehead atoms. The van der Waals surface area contributed by atoms with E-state index in [1.54, 1.807) is 49.6 Å². The van der Waals surface area contributed by atoms with Crippen molar-refractivity contribution in [3.8, 4) is 5.75 Å². The van der Waals surface area contributed by atoms with Crippen LogP contribution in [0.2, 0.25) is 0 Å². The topological polar surface area (TPSA) is 72.0 Å². The second-order valence-electron chi connectivity index (χ2n) is 4.89. The van der Waals surface area contributed by atoms with E-state index < -0.39 is 0 Å². The van der Waals surface area contributed by atoms with Gasteiger partial charge in [-0.2, -0.15) is 0 Å². The largest absolute Gasteiger partial charge is 0.497 e. The molecule has 0 aliphatic heterocycles. The van der Waals surface area contributed by atoms with E-state index in [-0.39, 0.29) is 11.6 Å². The van der Waals surface area contributed by atoms with Crippen LogP contribution in [0.3, 0.4) is 0 Å². The number of ether oxygens (including phenoxy) is 1. The average Bonchev–Trinajstić information content (AvgIpc) is 3.03. The van der Waals surface area contributed by atoms with Crippen molar-refractivity contribution in [1.29, 1.82) is 0 Å². The number of aromatic nitrogens is 2. The zero-order valence-electron chi connectivity index (χ0n) is 12.4. The summed E-state index contributed by atoms with van der Waals surface area (Å²) in [5.74, 6) is 0.677. The molecule has 23 heavy (non-hydrogen) atoms. The number of aromatic amines is 1. The van der Waals surface area contributed by atoms with Crippen LogP contribution in [0.4, 0.5) is 0 Å². The van der Waals surface area contributed by atoms with Gasteiger partial charge in [-0.25, -0.2) is 4.98 Å². The molecule has 3 aromatic rings. The van der Waals surface area contributed by atoms with Gasteiger partial charge in [0.05, 0.1) is 18.1 Å². The number of methoxy groups -OCH3 is 1. The van der Waals surface area contributed by atoms with Gasteiger partial charge in [0.2, 0.25) is 5.78 Å². The molecule has 0 aliphatic carbocycles. The Bertz CT molecular complexity index is 895. The monoisotopic (exact) mass is 306 g/mol. The highest BCUT2D eigenvalue weighted by molar-refractivity contribution is 6.08. The standard InChI is InChI=1S/C18H14N2O3/c1-23-14-10-13(8-5-9-21)16-15(11-14)19-18(20-16)17(22)12-6-3-2-4-7-12/h2-11H,1H3,(H,19,20)/b8-5+. The Morgan fingerprint density at radius 3 is 2.70 bits per heavy atom. The van der Waals surface area contributed by atoms with Gasteiger partial charge in [-0.1, -0.05) is 30.3 Å². The SMILES string of the molecule is COc1cc(/C=C/C=O)c2nc(C(=O)c3ccccc3)[nH]c2c1. The Balaban J connectivity index is 2.12. The molecule has 0 atom stereocenters. The third-order valence-corrected chi connectivity index (χ3v) is 3.43. The molecule has 1 aromatic heterocycles. The maximum absolute atomic E-state index is 12.5. The fourth-order valence-corrected chi connectivity index (χ4v) is 2.34. The average molecular weight is 306 g/mol. The molecule has 0 aliphatic rings. The summed E-state index contributed by atoms with van der Waals surface area (Å²) in [6.45, 7) is 0. The van der Waals surface area contributed by atoms with Crippen LogP contribution in [0, 0.1) is 0 Å². The molecule has 0 radical (unpaired) electrons. The van der Waals surface area contributed by atoms with Gasteiger partial charge >= 0.3 is 0 Å². The number of imidazole rings is 1. The summed E-state index contributed by atoms with van der Waals surface area (Å²) in [4.78, 5) is 30.5. The third-order valence-electron chi connectivity index (χ3n) is 3.43. The number of carbonyl (C=O) groups excluding carboxylic acids is 2. The first kappa shape index (κ1) is 14.7. The molecule has 0 fully saturated rings. The zero-order valence-corrected chi connectivity index (χ0v) is 12.4. The van der Waals surface area contributed by atoms with E-state index in [0.717, 1.165) is 0 Å². The predicted molar refractivity (Wildman–Crippen MR) is 87.6 cm³/mol. The molecule has 0 saturated heterocycles. The van der Waals surface area contributed by atoms with Gasteiger partial charge in [-0.05, 0) is 18.2 Å². The van der Waals surface area contributed by atoms with E-state index in [2.05, 4.69) is 9.97 Å². The van der Waals surface area contributed by atoms with Crippen LogP contribution in [0.5, 0.6) is 5.75 Å². The molecule has 0 amide bonds. The first-order valence-electron chi connectivity index (χ1n) is 7.02. The number of fused-ring (bicyclic) bond motifs is 1. The second kappa shape index (κ2) is 6.27. The molecule has 5 nitrogen and oxygen atoms in total. The predicted octanol–water partition coefficient (Wildman–Crippen LogP) is 3.01. The minimum absolute atomic E-state index is 0.189. The van der Waals surface area contributed by atoms with Gasteiger partial charge in [0.25, 0.3) is 0 Å². The van der Waals surface area contributed by atoms with Crippen LogP contribution in [-0.2, 0) is 4.79 Å². The Morgan fingerprint density at radius 2 is 2.00 bits per heavy atom. The minimum atomic E-state index is -0.189. The summed E-state index contributed by atoms with van der Waals surface area (Å²) >= 11 is 0. The zero-order chi connectivity index (χ0) is 16.2. The number of ketones is 1. The van der Waals surface area contributed by atoms with E-state index in [9.17, 15) is 9.59 Å². The Kier molecular flexibility index (Phi) is 4.01. The van der Waals surface area contributed by atoms with Gasteiger partial charge in [0.15, 0.2) is 5.82 Å². The number of carbonyl (C=O) groups is 2. The number of aldehydes is 1. The molecular formula is C18H14N2O3. The van der Waals surface area contributed by atoms with E-state index in [0.29, 0.717) is 34.2 Å². The quantitative estimate of drug-likeness (QED) is 0.447. The second-order valence-corrected chi connectivity index (χ2v) is 4.89. The van der Waals surface area contributed by atoms with Crippen LogP contribution in [0.1, 0.15) is 21.7 Å². The highest BCUT2D eigenvalue weighted by atomic mass is 16.5. The summed E-state index contributed by atoms with van der Waals surface area (Å²) in [5.41, 5.74) is 2.55. The Morgan fingerprint density at radius 1 is 1.22 bits per heavy atom. The van der Waals surface area contributed by atoms with Gasteiger partial charge in [0, 0.05) is 17.2 Å². The summed E-state index contributed by atoms with van der Waals surface area (Å²) in [5, 5.41) is 0. The van der Waals surface area contributed by atoms with Crippen LogP contribution in [-0.4, -0.2) is 29.1 Å². The molecule has 5 heteroatoms. The number of nitrogens with one attached hydrogen (secondary N) is 1. The first-order chi connectivity index (χ1) is 11.2. The summed E-state index contributed by atoms with van der Waals surface area (Å²) in [6.07, 6.45) is 3.70. The minimum Gasteiger partial charge on any atom is -0.497 e. The molecule has 114 valence electrons. The maximum Gasteiger partial charge on any atom is 0.228 e. The van der Waals surface area contributed by atoms with Crippen molar-refractivity contribution in [1.82, 2.24) is 9.97 Å². The van der Waals surface area contributed by atoms with E-state index in [4.69, 9.17) is 4.74 Å². The lowest BCUT2D eigenvalue weighted by Gasteiger charge is -2.01. The number of H-pyrrole nitrogens is 1. The van der Waals surface area contributed by atoms with Crippen molar-refractivity contribution >= 4 is 29.2 Å². The van der Waals surface area contributed by atoms with Crippen molar-refractivity contribution < 1.29 is 14.3 Å². The molecular weight excluding hydrogens is 292 g/mol. The number of benzene rings is 2. The van der Waals surface area contributed by atoms with Gasteiger partial charge in [-0.15, -0.1) is 0 Å². The Hall–Kier alpha value is -3.21. The van der Waals surface area contributed by atoms with Gasteiger partial charge in [-0.3, -0.25) is 9.59 Å². The highest BCUT2D eigenvalue weighted by Gasteiger charge is 2.15. The molecule has 1 heterocycles. The summed E-state index contributed by atoms with van der Waals surface area (Å²) < 4.78 is 5.24. The molecule has 2 aromatic carbocycles. The molecule has 0 unspecified atom stereocenters. The van der Waals surface area contributed by atoms with Crippen molar-refractivity contribution in [2.45, 2.75) is 0 Å². The molecule has 0 saturated carbocycles. The highest BCUT2D eigenvalue weighted by Crippen LogP contribution is 2.25. The number of hydrogen-bond acceptors (Lipinski definition) is 4. The lowest BCUT2D eigenvalue weighted by molar-refractivity contribution is -0.104. The first-order valence-corrected chi connectivity index (χ1v) is 7.02. The number of nitrogens with zero attached hydrogens (tertiary/aromatic N) is 1. The fourth-order valence-electron chi connectivity index (χ4n) is 2.34. The number of allylic oxidation sites excluding steroid dienone is 1. The summed E-state index contributed by atoms with van der Waals surface area (Å²) in [7, 11) is 1.56. The van der Waals surface area contributed by atoms with E-state index >= 15 is 0 Å². The van der Waals surface area contributed by atoms with Crippen molar-refractivity contribution in [2.75, 3.05) is 7.11 Å². The number of rotatable bonds is 5. The van der Waals surface area contributed by atoms with Crippen molar-refractivity contribution in [3.05, 3.63) is 65.5 Å². The van der Waals surface area contributed by atoms with Crippen molar-refractivity contribution in [3.63, 3.8) is 0 Å². The van der Waals surface area contributed by atoms with Crippen LogP contribution >= 0.6 is 0 Å². The normalized spacial score (nSPS) is 11.0. The summed E-state index contributed by atoms with van der Waals surface area (Å²) in [6, 6.07) is 12.5. The smallest absolute Gasteiger partial charge is 0.228 e. The van der Waals surface area contributed by atoms with Gasteiger partial charge < -0.3 is 9.72 Å². The lowest BCUT2D eigenvalue weighted by atomic mass is 10.1. The Labute approximate surface area is 132 Å². The van der Waals surface area contributed by atoms with Crippen LogP contribution in [0.15, 0.2) is 48.5 Å².